The van der Waals surface area contributed by atoms with E-state index >= 15 is 0 Å². The zero-order valence-electron chi connectivity index (χ0n) is 15.7. The zero-order chi connectivity index (χ0) is 20.9. The molecule has 30 heavy (non-hydrogen) atoms. The standard InChI is InChI=1S/C21H17F3N4O2/c22-21(23,24)14-3-6-28-12-17(26-19(28)10-14)16-9-13-1-2-15(11-18(13)30-20(16)29)27-7-4-25-5-8-27/h1-3,6,9-12,25H,4-5,7-8H2. The van der Waals surface area contributed by atoms with E-state index < -0.39 is 17.4 Å². The summed E-state index contributed by atoms with van der Waals surface area (Å²) in [5, 5.41) is 4.01. The first-order valence-corrected chi connectivity index (χ1v) is 9.48. The Kier molecular flexibility index (Phi) is 4.28. The van der Waals surface area contributed by atoms with Crippen LogP contribution in [0.5, 0.6) is 0 Å². The lowest BCUT2D eigenvalue weighted by molar-refractivity contribution is -0.137. The molecule has 0 spiro atoms. The second-order valence-electron chi connectivity index (χ2n) is 7.21. The minimum atomic E-state index is -4.46. The average molecular weight is 414 g/mol. The van der Waals surface area contributed by atoms with Crippen LogP contribution in [0.4, 0.5) is 18.9 Å². The molecule has 1 fully saturated rings. The molecule has 0 unspecified atom stereocenters. The fraction of sp³-hybridized carbons (Fsp3) is 0.238. The van der Waals surface area contributed by atoms with Crippen molar-refractivity contribution in [2.24, 2.45) is 0 Å². The van der Waals surface area contributed by atoms with E-state index in [1.807, 2.05) is 18.2 Å². The summed E-state index contributed by atoms with van der Waals surface area (Å²) in [6, 6.07) is 9.26. The number of rotatable bonds is 2. The van der Waals surface area contributed by atoms with Gasteiger partial charge in [0.25, 0.3) is 0 Å². The third kappa shape index (κ3) is 3.30. The third-order valence-corrected chi connectivity index (χ3v) is 5.27. The SMILES string of the molecule is O=c1oc2cc(N3CCNCC3)ccc2cc1-c1cn2ccc(C(F)(F)F)cc2n1. The molecule has 1 N–H and O–H groups in total. The number of alkyl halides is 3. The van der Waals surface area contributed by atoms with Gasteiger partial charge in [-0.2, -0.15) is 13.2 Å². The van der Waals surface area contributed by atoms with Crippen LogP contribution in [0.1, 0.15) is 5.56 Å². The molecule has 154 valence electrons. The van der Waals surface area contributed by atoms with E-state index in [4.69, 9.17) is 4.42 Å². The highest BCUT2D eigenvalue weighted by molar-refractivity contribution is 5.84. The van der Waals surface area contributed by atoms with Crippen LogP contribution < -0.4 is 15.8 Å². The molecule has 9 heteroatoms. The highest BCUT2D eigenvalue weighted by atomic mass is 19.4. The van der Waals surface area contributed by atoms with Crippen LogP contribution in [0.15, 0.2) is 58.0 Å². The number of hydrogen-bond donors (Lipinski definition) is 1. The Morgan fingerprint density at radius 3 is 2.63 bits per heavy atom. The maximum absolute atomic E-state index is 12.9. The van der Waals surface area contributed by atoms with Crippen molar-refractivity contribution in [3.8, 4) is 11.3 Å². The van der Waals surface area contributed by atoms with Crippen LogP contribution in [0, 0.1) is 0 Å². The molecule has 3 aromatic heterocycles. The van der Waals surface area contributed by atoms with Gasteiger partial charge < -0.3 is 19.0 Å². The summed E-state index contributed by atoms with van der Waals surface area (Å²) in [5.74, 6) is 0. The average Bonchev–Trinajstić information content (AvgIpc) is 3.16. The predicted molar refractivity (Wildman–Crippen MR) is 107 cm³/mol. The molecule has 6 nitrogen and oxygen atoms in total. The molecule has 4 aromatic rings. The topological polar surface area (TPSA) is 62.8 Å². The Bertz CT molecular complexity index is 1300. The minimum absolute atomic E-state index is 0.105. The maximum atomic E-state index is 12.9. The third-order valence-electron chi connectivity index (χ3n) is 5.27. The molecule has 1 aromatic carbocycles. The largest absolute Gasteiger partial charge is 0.422 e. The number of benzene rings is 1. The molecular formula is C21H17F3N4O2. The molecule has 0 amide bonds. The molecule has 5 rings (SSSR count). The van der Waals surface area contributed by atoms with Crippen molar-refractivity contribution >= 4 is 22.3 Å². The van der Waals surface area contributed by atoms with Gasteiger partial charge in [-0.15, -0.1) is 0 Å². The first kappa shape index (κ1) is 18.7. The normalized spacial score (nSPS) is 15.2. The Morgan fingerprint density at radius 2 is 1.87 bits per heavy atom. The number of halogens is 3. The van der Waals surface area contributed by atoms with E-state index in [1.54, 1.807) is 6.07 Å². The molecule has 0 aliphatic carbocycles. The van der Waals surface area contributed by atoms with Crippen LogP contribution in [-0.2, 0) is 6.18 Å². The molecule has 0 bridgehead atoms. The summed E-state index contributed by atoms with van der Waals surface area (Å²) in [4.78, 5) is 19.0. The molecular weight excluding hydrogens is 397 g/mol. The van der Waals surface area contributed by atoms with Crippen molar-refractivity contribution < 1.29 is 17.6 Å². The lowest BCUT2D eigenvalue weighted by Crippen LogP contribution is -2.43. The maximum Gasteiger partial charge on any atom is 0.416 e. The van der Waals surface area contributed by atoms with Crippen molar-refractivity contribution in [2.75, 3.05) is 31.1 Å². The van der Waals surface area contributed by atoms with Gasteiger partial charge in [0.2, 0.25) is 0 Å². The van der Waals surface area contributed by atoms with Crippen molar-refractivity contribution in [3.05, 3.63) is 64.8 Å². The van der Waals surface area contributed by atoms with Crippen LogP contribution >= 0.6 is 0 Å². The van der Waals surface area contributed by atoms with Crippen LogP contribution in [0.3, 0.4) is 0 Å². The monoisotopic (exact) mass is 414 g/mol. The summed E-state index contributed by atoms with van der Waals surface area (Å²) in [5.41, 5.74) is 0.631. The number of nitrogens with one attached hydrogen (secondary N) is 1. The Hall–Kier alpha value is -3.33. The highest BCUT2D eigenvalue weighted by Crippen LogP contribution is 2.30. The number of nitrogens with zero attached hydrogens (tertiary/aromatic N) is 3. The summed E-state index contributed by atoms with van der Waals surface area (Å²) in [6.45, 7) is 3.53. The van der Waals surface area contributed by atoms with Crippen molar-refractivity contribution in [3.63, 3.8) is 0 Å². The van der Waals surface area contributed by atoms with Gasteiger partial charge in [-0.05, 0) is 30.3 Å². The molecule has 4 heterocycles. The number of anilines is 1. The number of aromatic nitrogens is 2. The molecule has 0 atom stereocenters. The smallest absolute Gasteiger partial charge is 0.416 e. The van der Waals surface area contributed by atoms with E-state index in [0.29, 0.717) is 5.58 Å². The second kappa shape index (κ2) is 6.88. The minimum Gasteiger partial charge on any atom is -0.422 e. The Morgan fingerprint density at radius 1 is 1.07 bits per heavy atom. The Labute approximate surface area is 168 Å². The van der Waals surface area contributed by atoms with E-state index in [1.165, 1.54) is 16.8 Å². The zero-order valence-corrected chi connectivity index (χ0v) is 15.7. The van der Waals surface area contributed by atoms with Gasteiger partial charge >= 0.3 is 11.8 Å². The van der Waals surface area contributed by atoms with E-state index in [-0.39, 0.29) is 16.9 Å². The van der Waals surface area contributed by atoms with E-state index in [0.717, 1.165) is 49.4 Å². The van der Waals surface area contributed by atoms with Crippen molar-refractivity contribution in [2.45, 2.75) is 6.18 Å². The van der Waals surface area contributed by atoms with Crippen LogP contribution in [0.2, 0.25) is 0 Å². The first-order chi connectivity index (χ1) is 14.4. The summed E-state index contributed by atoms with van der Waals surface area (Å²) in [6.07, 6.45) is -1.67. The molecule has 0 radical (unpaired) electrons. The van der Waals surface area contributed by atoms with Gasteiger partial charge in [-0.1, -0.05) is 0 Å². The van der Waals surface area contributed by atoms with E-state index in [9.17, 15) is 18.0 Å². The van der Waals surface area contributed by atoms with Crippen LogP contribution in [-0.4, -0.2) is 35.6 Å². The summed E-state index contributed by atoms with van der Waals surface area (Å²) in [7, 11) is 0. The molecule has 0 saturated carbocycles. The van der Waals surface area contributed by atoms with Gasteiger partial charge in [0.1, 0.15) is 11.2 Å². The fourth-order valence-electron chi connectivity index (χ4n) is 3.69. The van der Waals surface area contributed by atoms with Gasteiger partial charge in [0.05, 0.1) is 16.8 Å². The lowest BCUT2D eigenvalue weighted by atomic mass is 10.1. The Balaban J connectivity index is 1.55. The van der Waals surface area contributed by atoms with Crippen LogP contribution in [0.25, 0.3) is 27.9 Å². The lowest BCUT2D eigenvalue weighted by Gasteiger charge is -2.29. The van der Waals surface area contributed by atoms with Gasteiger partial charge in [0.15, 0.2) is 0 Å². The number of fused-ring (bicyclic) bond motifs is 2. The highest BCUT2D eigenvalue weighted by Gasteiger charge is 2.31. The second-order valence-corrected chi connectivity index (χ2v) is 7.21. The summed E-state index contributed by atoms with van der Waals surface area (Å²) >= 11 is 0. The predicted octanol–water partition coefficient (Wildman–Crippen LogP) is 3.54. The van der Waals surface area contributed by atoms with Gasteiger partial charge in [-0.25, -0.2) is 9.78 Å². The summed E-state index contributed by atoms with van der Waals surface area (Å²) < 4.78 is 45.8. The first-order valence-electron chi connectivity index (χ1n) is 9.48. The van der Waals surface area contributed by atoms with Gasteiger partial charge in [0, 0.05) is 55.7 Å². The number of hydrogen-bond acceptors (Lipinski definition) is 5. The molecule has 1 saturated heterocycles. The quantitative estimate of drug-likeness (QED) is 0.509. The number of pyridine rings is 1. The molecule has 1 aliphatic heterocycles. The van der Waals surface area contributed by atoms with Crippen molar-refractivity contribution in [1.29, 1.82) is 0 Å². The molecule has 1 aliphatic rings. The van der Waals surface area contributed by atoms with Gasteiger partial charge in [-0.3, -0.25) is 0 Å². The number of piperazine rings is 1. The number of imidazole rings is 1. The van der Waals surface area contributed by atoms with E-state index in [2.05, 4.69) is 15.2 Å². The van der Waals surface area contributed by atoms with Crippen molar-refractivity contribution in [1.82, 2.24) is 14.7 Å². The fourth-order valence-corrected chi connectivity index (χ4v) is 3.69.